The Bertz CT molecular complexity index is 664. The standard InChI is InChI=1S/C16H18N2O4/c1-3-9-18(10-13(19)20)16(21)14-11(2)22-17-15(14)12-7-5-4-6-8-12/h4-8H,3,9-10H2,1-2H3,(H,19,20). The first kappa shape index (κ1) is 15.8. The van der Waals surface area contributed by atoms with Crippen molar-refractivity contribution < 1.29 is 19.2 Å². The van der Waals surface area contributed by atoms with E-state index in [2.05, 4.69) is 5.16 Å². The summed E-state index contributed by atoms with van der Waals surface area (Å²) in [7, 11) is 0. The molecular formula is C16H18N2O4. The molecule has 1 amide bonds. The molecule has 22 heavy (non-hydrogen) atoms. The summed E-state index contributed by atoms with van der Waals surface area (Å²) in [5, 5.41) is 12.9. The molecule has 0 radical (unpaired) electrons. The first-order chi connectivity index (χ1) is 10.5. The van der Waals surface area contributed by atoms with Crippen LogP contribution in [0.3, 0.4) is 0 Å². The van der Waals surface area contributed by atoms with Gasteiger partial charge in [-0.15, -0.1) is 0 Å². The van der Waals surface area contributed by atoms with Gasteiger partial charge in [-0.25, -0.2) is 0 Å². The highest BCUT2D eigenvalue weighted by atomic mass is 16.5. The van der Waals surface area contributed by atoms with E-state index in [1.165, 1.54) is 4.90 Å². The summed E-state index contributed by atoms with van der Waals surface area (Å²) in [4.78, 5) is 25.0. The van der Waals surface area contributed by atoms with Crippen molar-refractivity contribution in [3.63, 3.8) is 0 Å². The highest BCUT2D eigenvalue weighted by Crippen LogP contribution is 2.26. The third-order valence-corrected chi connectivity index (χ3v) is 3.23. The lowest BCUT2D eigenvalue weighted by molar-refractivity contribution is -0.137. The molecule has 116 valence electrons. The highest BCUT2D eigenvalue weighted by molar-refractivity contribution is 6.01. The van der Waals surface area contributed by atoms with E-state index in [0.717, 1.165) is 5.56 Å². The van der Waals surface area contributed by atoms with Crippen molar-refractivity contribution >= 4 is 11.9 Å². The van der Waals surface area contributed by atoms with Gasteiger partial charge in [0.2, 0.25) is 0 Å². The summed E-state index contributed by atoms with van der Waals surface area (Å²) >= 11 is 0. The Labute approximate surface area is 128 Å². The zero-order valence-electron chi connectivity index (χ0n) is 12.6. The predicted molar refractivity (Wildman–Crippen MR) is 80.5 cm³/mol. The van der Waals surface area contributed by atoms with Crippen LogP contribution in [0.15, 0.2) is 34.9 Å². The fourth-order valence-corrected chi connectivity index (χ4v) is 2.26. The number of carbonyl (C=O) groups is 2. The van der Waals surface area contributed by atoms with E-state index in [1.807, 2.05) is 37.3 Å². The van der Waals surface area contributed by atoms with Crippen molar-refractivity contribution in [3.8, 4) is 11.3 Å². The molecule has 2 aromatic rings. The van der Waals surface area contributed by atoms with E-state index in [9.17, 15) is 9.59 Å². The molecule has 0 spiro atoms. The number of carbonyl (C=O) groups excluding carboxylic acids is 1. The van der Waals surface area contributed by atoms with Crippen LogP contribution in [0.25, 0.3) is 11.3 Å². The number of aryl methyl sites for hydroxylation is 1. The average Bonchev–Trinajstić information content (AvgIpc) is 2.88. The van der Waals surface area contributed by atoms with Gasteiger partial charge < -0.3 is 14.5 Å². The van der Waals surface area contributed by atoms with E-state index in [0.29, 0.717) is 30.0 Å². The second-order valence-electron chi connectivity index (χ2n) is 4.95. The van der Waals surface area contributed by atoms with Crippen LogP contribution in [0.4, 0.5) is 0 Å². The molecule has 0 saturated heterocycles. The van der Waals surface area contributed by atoms with Crippen molar-refractivity contribution in [2.24, 2.45) is 0 Å². The summed E-state index contributed by atoms with van der Waals surface area (Å²) in [5.41, 5.74) is 1.52. The molecule has 1 aromatic carbocycles. The summed E-state index contributed by atoms with van der Waals surface area (Å²) in [6.07, 6.45) is 0.671. The van der Waals surface area contributed by atoms with Crippen LogP contribution in [0.1, 0.15) is 29.5 Å². The van der Waals surface area contributed by atoms with E-state index in [4.69, 9.17) is 9.63 Å². The maximum Gasteiger partial charge on any atom is 0.323 e. The van der Waals surface area contributed by atoms with E-state index >= 15 is 0 Å². The van der Waals surface area contributed by atoms with Crippen LogP contribution in [-0.2, 0) is 4.79 Å². The number of carboxylic acid groups (broad SMARTS) is 1. The maximum absolute atomic E-state index is 12.7. The first-order valence-electron chi connectivity index (χ1n) is 7.07. The lowest BCUT2D eigenvalue weighted by Crippen LogP contribution is -2.36. The third kappa shape index (κ3) is 3.33. The van der Waals surface area contributed by atoms with Crippen LogP contribution >= 0.6 is 0 Å². The summed E-state index contributed by atoms with van der Waals surface area (Å²) < 4.78 is 5.16. The smallest absolute Gasteiger partial charge is 0.323 e. The maximum atomic E-state index is 12.7. The minimum atomic E-state index is -1.04. The zero-order valence-corrected chi connectivity index (χ0v) is 12.6. The largest absolute Gasteiger partial charge is 0.480 e. The molecule has 0 saturated carbocycles. The van der Waals surface area contributed by atoms with Crippen molar-refractivity contribution in [1.29, 1.82) is 0 Å². The Morgan fingerprint density at radius 1 is 1.27 bits per heavy atom. The van der Waals surface area contributed by atoms with Crippen LogP contribution in [0.2, 0.25) is 0 Å². The number of aliphatic carboxylic acids is 1. The molecule has 6 nitrogen and oxygen atoms in total. The number of amides is 1. The number of benzene rings is 1. The highest BCUT2D eigenvalue weighted by Gasteiger charge is 2.26. The molecule has 2 rings (SSSR count). The Kier molecular flexibility index (Phi) is 4.93. The Balaban J connectivity index is 2.40. The average molecular weight is 302 g/mol. The van der Waals surface area contributed by atoms with Gasteiger partial charge in [-0.1, -0.05) is 42.4 Å². The van der Waals surface area contributed by atoms with Gasteiger partial charge in [-0.05, 0) is 13.3 Å². The van der Waals surface area contributed by atoms with Gasteiger partial charge in [0.25, 0.3) is 5.91 Å². The molecule has 0 unspecified atom stereocenters. The molecule has 1 heterocycles. The van der Waals surface area contributed by atoms with Crippen molar-refractivity contribution in [2.45, 2.75) is 20.3 Å². The van der Waals surface area contributed by atoms with Crippen molar-refractivity contribution in [3.05, 3.63) is 41.7 Å². The number of rotatable bonds is 6. The van der Waals surface area contributed by atoms with Crippen LogP contribution in [0, 0.1) is 6.92 Å². The van der Waals surface area contributed by atoms with Crippen molar-refractivity contribution in [1.82, 2.24) is 10.1 Å². The summed E-state index contributed by atoms with van der Waals surface area (Å²) in [6, 6.07) is 9.21. The van der Waals surface area contributed by atoms with Gasteiger partial charge >= 0.3 is 5.97 Å². The molecule has 0 aliphatic rings. The molecule has 0 bridgehead atoms. The van der Waals surface area contributed by atoms with Crippen LogP contribution < -0.4 is 0 Å². The molecule has 6 heteroatoms. The number of aromatic nitrogens is 1. The summed E-state index contributed by atoms with van der Waals surface area (Å²) in [5.74, 6) is -1.03. The van der Waals surface area contributed by atoms with Crippen LogP contribution in [0.5, 0.6) is 0 Å². The predicted octanol–water partition coefficient (Wildman–Crippen LogP) is 2.59. The second kappa shape index (κ2) is 6.89. The van der Waals surface area contributed by atoms with Gasteiger partial charge in [0.05, 0.1) is 0 Å². The normalized spacial score (nSPS) is 10.5. The van der Waals surface area contributed by atoms with Crippen LogP contribution in [-0.4, -0.2) is 40.1 Å². The Morgan fingerprint density at radius 3 is 2.55 bits per heavy atom. The van der Waals surface area contributed by atoms with Gasteiger partial charge in [0.1, 0.15) is 23.6 Å². The molecule has 0 fully saturated rings. The number of carboxylic acids is 1. The summed E-state index contributed by atoms with van der Waals surface area (Å²) in [6.45, 7) is 3.56. The fourth-order valence-electron chi connectivity index (χ4n) is 2.26. The third-order valence-electron chi connectivity index (χ3n) is 3.23. The van der Waals surface area contributed by atoms with E-state index < -0.39 is 5.97 Å². The molecular weight excluding hydrogens is 284 g/mol. The minimum Gasteiger partial charge on any atom is -0.480 e. The first-order valence-corrected chi connectivity index (χ1v) is 7.07. The Morgan fingerprint density at radius 2 is 1.95 bits per heavy atom. The number of nitrogens with zero attached hydrogens (tertiary/aromatic N) is 2. The fraction of sp³-hybridized carbons (Fsp3) is 0.312. The van der Waals surface area contributed by atoms with Gasteiger partial charge in [0, 0.05) is 12.1 Å². The Hall–Kier alpha value is -2.63. The van der Waals surface area contributed by atoms with Crippen molar-refractivity contribution in [2.75, 3.05) is 13.1 Å². The number of hydrogen-bond donors (Lipinski definition) is 1. The number of hydrogen-bond acceptors (Lipinski definition) is 4. The van der Waals surface area contributed by atoms with Gasteiger partial charge in [-0.2, -0.15) is 0 Å². The lowest BCUT2D eigenvalue weighted by atomic mass is 10.1. The monoisotopic (exact) mass is 302 g/mol. The lowest BCUT2D eigenvalue weighted by Gasteiger charge is -2.19. The molecule has 0 aliphatic heterocycles. The second-order valence-corrected chi connectivity index (χ2v) is 4.95. The molecule has 0 atom stereocenters. The topological polar surface area (TPSA) is 83.6 Å². The zero-order chi connectivity index (χ0) is 16.1. The molecule has 1 aromatic heterocycles. The molecule has 0 aliphatic carbocycles. The van der Waals surface area contributed by atoms with Gasteiger partial charge in [0.15, 0.2) is 0 Å². The van der Waals surface area contributed by atoms with E-state index in [-0.39, 0.29) is 12.5 Å². The minimum absolute atomic E-state index is 0.320. The van der Waals surface area contributed by atoms with Gasteiger partial charge in [-0.3, -0.25) is 9.59 Å². The molecule has 1 N–H and O–H groups in total. The SMILES string of the molecule is CCCN(CC(=O)O)C(=O)c1c(-c2ccccc2)noc1C. The van der Waals surface area contributed by atoms with E-state index in [1.54, 1.807) is 6.92 Å². The quantitative estimate of drug-likeness (QED) is 0.886.